The zero-order valence-corrected chi connectivity index (χ0v) is 20.6. The summed E-state index contributed by atoms with van der Waals surface area (Å²) in [7, 11) is 3.31. The lowest BCUT2D eigenvalue weighted by Crippen LogP contribution is -2.27. The molecule has 0 radical (unpaired) electrons. The smallest absolute Gasteiger partial charge is 0.272 e. The number of aryl methyl sites for hydroxylation is 2. The highest BCUT2D eigenvalue weighted by atomic mass is 35.5. The second kappa shape index (κ2) is 9.08. The minimum atomic E-state index is -0.363. The van der Waals surface area contributed by atoms with Gasteiger partial charge in [-0.25, -0.2) is 15.0 Å². The highest BCUT2D eigenvalue weighted by Crippen LogP contribution is 2.35. The van der Waals surface area contributed by atoms with E-state index in [0.29, 0.717) is 46.4 Å². The second-order valence-corrected chi connectivity index (χ2v) is 9.44. The number of pyridine rings is 2. The third kappa shape index (κ3) is 4.35. The number of aromatic nitrogens is 5. The SMILES string of the molecule is COc1cnc(Cl)cc1-c1cc(C)ncc1C(=O)Nc1nc2c(s1)CN(C(=O)c1cncn1C)C2. The lowest BCUT2D eigenvalue weighted by atomic mass is 10.0. The fourth-order valence-corrected chi connectivity index (χ4v) is 5.02. The molecule has 0 spiro atoms. The van der Waals surface area contributed by atoms with Crippen LogP contribution >= 0.6 is 22.9 Å². The Labute approximate surface area is 209 Å². The third-order valence-electron chi connectivity index (χ3n) is 5.63. The van der Waals surface area contributed by atoms with Crippen molar-refractivity contribution in [3.05, 3.63) is 69.7 Å². The lowest BCUT2D eigenvalue weighted by Gasteiger charge is -2.15. The first-order chi connectivity index (χ1) is 16.8. The van der Waals surface area contributed by atoms with Gasteiger partial charge in [0, 0.05) is 30.1 Å². The van der Waals surface area contributed by atoms with Gasteiger partial charge in [0.2, 0.25) is 0 Å². The maximum absolute atomic E-state index is 13.2. The Bertz CT molecular complexity index is 1440. The van der Waals surface area contributed by atoms with Gasteiger partial charge < -0.3 is 14.2 Å². The maximum Gasteiger partial charge on any atom is 0.272 e. The molecule has 0 saturated carbocycles. The zero-order valence-electron chi connectivity index (χ0n) is 19.1. The Balaban J connectivity index is 1.37. The summed E-state index contributed by atoms with van der Waals surface area (Å²) in [6.07, 6.45) is 6.17. The summed E-state index contributed by atoms with van der Waals surface area (Å²) in [6.45, 7) is 2.64. The van der Waals surface area contributed by atoms with Crippen LogP contribution in [-0.2, 0) is 20.1 Å². The van der Waals surface area contributed by atoms with Gasteiger partial charge in [-0.05, 0) is 19.1 Å². The van der Waals surface area contributed by atoms with Crippen molar-refractivity contribution in [2.24, 2.45) is 7.05 Å². The molecule has 5 heterocycles. The predicted molar refractivity (Wildman–Crippen MR) is 131 cm³/mol. The molecule has 0 aromatic carbocycles. The molecule has 0 saturated heterocycles. The number of carbonyl (C=O) groups is 2. The first kappa shape index (κ1) is 22.9. The van der Waals surface area contributed by atoms with Gasteiger partial charge >= 0.3 is 0 Å². The van der Waals surface area contributed by atoms with Crippen LogP contribution in [0.15, 0.2) is 37.1 Å². The van der Waals surface area contributed by atoms with Crippen LogP contribution in [0, 0.1) is 6.92 Å². The van der Waals surface area contributed by atoms with Crippen molar-refractivity contribution in [2.75, 3.05) is 12.4 Å². The summed E-state index contributed by atoms with van der Waals surface area (Å²) < 4.78 is 7.12. The molecular weight excluding hydrogens is 490 g/mol. The molecule has 0 aliphatic carbocycles. The molecule has 1 aliphatic heterocycles. The Kier molecular flexibility index (Phi) is 5.95. The molecule has 0 unspecified atom stereocenters. The van der Waals surface area contributed by atoms with Crippen LogP contribution in [0.1, 0.15) is 37.1 Å². The molecule has 10 nitrogen and oxygen atoms in total. The van der Waals surface area contributed by atoms with Crippen molar-refractivity contribution in [1.82, 2.24) is 29.4 Å². The summed E-state index contributed by atoms with van der Waals surface area (Å²) >= 11 is 7.47. The number of rotatable bonds is 5. The van der Waals surface area contributed by atoms with E-state index in [4.69, 9.17) is 16.3 Å². The van der Waals surface area contributed by atoms with Crippen LogP contribution in [0.25, 0.3) is 11.1 Å². The van der Waals surface area contributed by atoms with E-state index in [-0.39, 0.29) is 17.0 Å². The van der Waals surface area contributed by atoms with E-state index in [1.165, 1.54) is 30.8 Å². The molecule has 0 atom stereocenters. The number of fused-ring (bicyclic) bond motifs is 1. The molecule has 5 rings (SSSR count). The molecule has 0 fully saturated rings. The topological polar surface area (TPSA) is 115 Å². The standard InChI is InChI=1S/C23H20ClN7O3S/c1-12-4-13(14-5-20(24)27-8-18(14)34-3)15(6-26-12)21(32)29-23-28-16-9-31(10-19(16)35-23)22(33)17-7-25-11-30(17)2/h4-8,11H,9-10H2,1-3H3,(H,28,29,32). The van der Waals surface area contributed by atoms with Gasteiger partial charge in [0.15, 0.2) is 5.13 Å². The highest BCUT2D eigenvalue weighted by Gasteiger charge is 2.30. The second-order valence-electron chi connectivity index (χ2n) is 7.97. The lowest BCUT2D eigenvalue weighted by molar-refractivity contribution is 0.0741. The summed E-state index contributed by atoms with van der Waals surface area (Å²) in [4.78, 5) is 45.6. The molecule has 4 aromatic heterocycles. The molecule has 2 amide bonds. The average molecular weight is 510 g/mol. The number of methoxy groups -OCH3 is 1. The van der Waals surface area contributed by atoms with Gasteiger partial charge in [-0.1, -0.05) is 22.9 Å². The normalized spacial score (nSPS) is 12.5. The average Bonchev–Trinajstić information content (AvgIpc) is 3.53. The fourth-order valence-electron chi connectivity index (χ4n) is 3.88. The summed E-state index contributed by atoms with van der Waals surface area (Å²) in [5, 5.41) is 3.61. The van der Waals surface area contributed by atoms with E-state index in [2.05, 4.69) is 25.3 Å². The number of halogens is 1. The fraction of sp³-hybridized carbons (Fsp3) is 0.217. The summed E-state index contributed by atoms with van der Waals surface area (Å²) in [5.74, 6) is 0.0132. The molecular formula is C23H20ClN7O3S. The van der Waals surface area contributed by atoms with Crippen LogP contribution in [0.5, 0.6) is 5.75 Å². The Morgan fingerprint density at radius 2 is 1.97 bits per heavy atom. The number of nitrogens with zero attached hydrogens (tertiary/aromatic N) is 6. The van der Waals surface area contributed by atoms with Gasteiger partial charge in [-0.15, -0.1) is 0 Å². The van der Waals surface area contributed by atoms with Crippen molar-refractivity contribution >= 4 is 39.9 Å². The number of amides is 2. The minimum Gasteiger partial charge on any atom is -0.494 e. The summed E-state index contributed by atoms with van der Waals surface area (Å²) in [5.41, 5.74) is 3.62. The molecule has 0 bridgehead atoms. The molecule has 1 aliphatic rings. The predicted octanol–water partition coefficient (Wildman–Crippen LogP) is 3.71. The molecule has 1 N–H and O–H groups in total. The monoisotopic (exact) mass is 509 g/mol. The van der Waals surface area contributed by atoms with Gasteiger partial charge in [-0.2, -0.15) is 0 Å². The van der Waals surface area contributed by atoms with E-state index < -0.39 is 0 Å². The maximum atomic E-state index is 13.2. The van der Waals surface area contributed by atoms with Crippen LogP contribution in [0.2, 0.25) is 5.15 Å². The van der Waals surface area contributed by atoms with Crippen molar-refractivity contribution in [1.29, 1.82) is 0 Å². The van der Waals surface area contributed by atoms with Crippen LogP contribution in [0.4, 0.5) is 5.13 Å². The van der Waals surface area contributed by atoms with Gasteiger partial charge in [-0.3, -0.25) is 19.9 Å². The third-order valence-corrected chi connectivity index (χ3v) is 6.83. The number of hydrogen-bond donors (Lipinski definition) is 1. The zero-order chi connectivity index (χ0) is 24.7. The number of ether oxygens (including phenoxy) is 1. The first-order valence-electron chi connectivity index (χ1n) is 10.6. The van der Waals surface area contributed by atoms with E-state index >= 15 is 0 Å². The van der Waals surface area contributed by atoms with Gasteiger partial charge in [0.1, 0.15) is 16.6 Å². The minimum absolute atomic E-state index is 0.110. The largest absolute Gasteiger partial charge is 0.494 e. The Morgan fingerprint density at radius 1 is 1.14 bits per heavy atom. The number of nitrogens with one attached hydrogen (secondary N) is 1. The number of anilines is 1. The van der Waals surface area contributed by atoms with E-state index in [9.17, 15) is 9.59 Å². The highest BCUT2D eigenvalue weighted by molar-refractivity contribution is 7.16. The van der Waals surface area contributed by atoms with Crippen molar-refractivity contribution in [2.45, 2.75) is 20.0 Å². The van der Waals surface area contributed by atoms with Gasteiger partial charge in [0.25, 0.3) is 11.8 Å². The Morgan fingerprint density at radius 3 is 2.69 bits per heavy atom. The van der Waals surface area contributed by atoms with E-state index in [1.54, 1.807) is 41.2 Å². The van der Waals surface area contributed by atoms with Crippen LogP contribution in [-0.4, -0.2) is 48.3 Å². The van der Waals surface area contributed by atoms with Crippen LogP contribution < -0.4 is 10.1 Å². The number of imidazole rings is 1. The van der Waals surface area contributed by atoms with Crippen molar-refractivity contribution in [3.63, 3.8) is 0 Å². The number of carbonyl (C=O) groups excluding carboxylic acids is 2. The van der Waals surface area contributed by atoms with Crippen LogP contribution in [0.3, 0.4) is 0 Å². The Hall–Kier alpha value is -3.83. The molecule has 178 valence electrons. The van der Waals surface area contributed by atoms with E-state index in [0.717, 1.165) is 16.3 Å². The number of thiazole rings is 1. The quantitative estimate of drug-likeness (QED) is 0.408. The molecule has 12 heteroatoms. The van der Waals surface area contributed by atoms with Crippen molar-refractivity contribution in [3.8, 4) is 16.9 Å². The first-order valence-corrected chi connectivity index (χ1v) is 11.8. The van der Waals surface area contributed by atoms with Crippen molar-refractivity contribution < 1.29 is 14.3 Å². The molecule has 4 aromatic rings. The number of hydrogen-bond acceptors (Lipinski definition) is 8. The van der Waals surface area contributed by atoms with E-state index in [1.807, 2.05) is 6.92 Å². The van der Waals surface area contributed by atoms with Gasteiger partial charge in [0.05, 0.1) is 55.1 Å². The molecule has 35 heavy (non-hydrogen) atoms. The summed E-state index contributed by atoms with van der Waals surface area (Å²) in [6, 6.07) is 3.45.